The van der Waals surface area contributed by atoms with E-state index in [1.807, 2.05) is 12.1 Å². The van der Waals surface area contributed by atoms with E-state index in [0.717, 1.165) is 30.1 Å². The molecule has 21 heavy (non-hydrogen) atoms. The molecule has 1 heterocycles. The molecule has 4 nitrogen and oxygen atoms in total. The zero-order chi connectivity index (χ0) is 15.2. The second kappa shape index (κ2) is 7.07. The molecule has 0 aliphatic heterocycles. The van der Waals surface area contributed by atoms with E-state index in [0.29, 0.717) is 5.88 Å². The summed E-state index contributed by atoms with van der Waals surface area (Å²) < 4.78 is 5.97. The molecule has 0 saturated carbocycles. The van der Waals surface area contributed by atoms with Gasteiger partial charge in [0.05, 0.1) is 5.56 Å². The van der Waals surface area contributed by atoms with Gasteiger partial charge in [0.2, 0.25) is 5.88 Å². The van der Waals surface area contributed by atoms with Crippen LogP contribution in [0.25, 0.3) is 0 Å². The number of hydrogen-bond acceptors (Lipinski definition) is 4. The first-order chi connectivity index (χ1) is 10.2. The van der Waals surface area contributed by atoms with E-state index >= 15 is 0 Å². The van der Waals surface area contributed by atoms with Crippen molar-refractivity contribution in [3.63, 3.8) is 0 Å². The van der Waals surface area contributed by atoms with Gasteiger partial charge in [-0.2, -0.15) is 0 Å². The molecule has 0 atom stereocenters. The van der Waals surface area contributed by atoms with E-state index in [-0.39, 0.29) is 5.92 Å². The van der Waals surface area contributed by atoms with Gasteiger partial charge in [-0.1, -0.05) is 32.9 Å². The molecule has 1 aromatic carbocycles. The first kappa shape index (κ1) is 15.3. The maximum Gasteiger partial charge on any atom is 0.227 e. The van der Waals surface area contributed by atoms with Crippen LogP contribution in [0.2, 0.25) is 0 Å². The van der Waals surface area contributed by atoms with Gasteiger partial charge in [0.25, 0.3) is 0 Å². The van der Waals surface area contributed by atoms with Crippen LogP contribution in [0.15, 0.2) is 30.6 Å². The topological polar surface area (TPSA) is 47.0 Å². The van der Waals surface area contributed by atoms with Gasteiger partial charge in [-0.3, -0.25) is 0 Å². The summed E-state index contributed by atoms with van der Waals surface area (Å²) in [5, 5.41) is 3.27. The molecule has 0 bridgehead atoms. The van der Waals surface area contributed by atoms with Crippen molar-refractivity contribution in [2.45, 2.75) is 40.0 Å². The van der Waals surface area contributed by atoms with Crippen LogP contribution >= 0.6 is 0 Å². The smallest absolute Gasteiger partial charge is 0.227 e. The van der Waals surface area contributed by atoms with E-state index in [4.69, 9.17) is 4.74 Å². The molecule has 1 aromatic heterocycles. The van der Waals surface area contributed by atoms with Gasteiger partial charge in [-0.25, -0.2) is 9.97 Å². The number of benzene rings is 1. The van der Waals surface area contributed by atoms with Crippen molar-refractivity contribution in [2.75, 3.05) is 11.9 Å². The van der Waals surface area contributed by atoms with Crippen molar-refractivity contribution in [2.24, 2.45) is 0 Å². The van der Waals surface area contributed by atoms with Crippen molar-refractivity contribution in [3.8, 4) is 11.6 Å². The Bertz CT molecular complexity index is 579. The molecule has 0 aliphatic rings. The van der Waals surface area contributed by atoms with E-state index in [9.17, 15) is 0 Å². The third kappa shape index (κ3) is 3.72. The summed E-state index contributed by atoms with van der Waals surface area (Å²) in [6.07, 6.45) is 2.56. The van der Waals surface area contributed by atoms with Crippen molar-refractivity contribution in [1.29, 1.82) is 0 Å². The molecule has 0 unspecified atom stereocenters. The summed E-state index contributed by atoms with van der Waals surface area (Å²) in [6, 6.07) is 8.13. The molecule has 2 aromatic rings. The van der Waals surface area contributed by atoms with Crippen LogP contribution in [0.5, 0.6) is 11.6 Å². The summed E-state index contributed by atoms with van der Waals surface area (Å²) in [4.78, 5) is 8.62. The van der Waals surface area contributed by atoms with Crippen molar-refractivity contribution in [1.82, 2.24) is 9.97 Å². The molecule has 2 rings (SSSR count). The third-order valence-corrected chi connectivity index (χ3v) is 3.32. The maximum atomic E-state index is 5.97. The normalized spacial score (nSPS) is 10.7. The molecule has 1 N–H and O–H groups in total. The van der Waals surface area contributed by atoms with Gasteiger partial charge >= 0.3 is 0 Å². The van der Waals surface area contributed by atoms with Gasteiger partial charge < -0.3 is 10.1 Å². The Morgan fingerprint density at radius 1 is 1.10 bits per heavy atom. The average molecular weight is 285 g/mol. The minimum absolute atomic E-state index is 0.283. The fourth-order valence-corrected chi connectivity index (χ4v) is 2.19. The molecule has 112 valence electrons. The predicted molar refractivity (Wildman–Crippen MR) is 86.2 cm³/mol. The number of hydrogen-bond donors (Lipinski definition) is 1. The highest BCUT2D eigenvalue weighted by Crippen LogP contribution is 2.32. The lowest BCUT2D eigenvalue weighted by molar-refractivity contribution is 0.451. The van der Waals surface area contributed by atoms with Crippen LogP contribution < -0.4 is 10.1 Å². The van der Waals surface area contributed by atoms with Crippen molar-refractivity contribution >= 4 is 5.82 Å². The lowest BCUT2D eigenvalue weighted by Gasteiger charge is -2.16. The monoisotopic (exact) mass is 285 g/mol. The second-order valence-electron chi connectivity index (χ2n) is 5.23. The number of aromatic nitrogens is 2. The van der Waals surface area contributed by atoms with Crippen LogP contribution in [0.1, 0.15) is 44.7 Å². The average Bonchev–Trinajstić information content (AvgIpc) is 2.48. The highest BCUT2D eigenvalue weighted by atomic mass is 16.5. The first-order valence-electron chi connectivity index (χ1n) is 7.51. The summed E-state index contributed by atoms with van der Waals surface area (Å²) in [6.45, 7) is 9.25. The molecule has 0 spiro atoms. The zero-order valence-electron chi connectivity index (χ0n) is 13.2. The SMILES string of the molecule is CCNc1ncnc(Oc2ccc(CC)cc2)c1C(C)C. The Kier molecular flexibility index (Phi) is 5.14. The number of nitrogens with zero attached hydrogens (tertiary/aromatic N) is 2. The molecule has 4 heteroatoms. The van der Waals surface area contributed by atoms with Crippen LogP contribution in [0.3, 0.4) is 0 Å². The lowest BCUT2D eigenvalue weighted by atomic mass is 10.1. The van der Waals surface area contributed by atoms with Crippen LogP contribution in [0, 0.1) is 0 Å². The predicted octanol–water partition coefficient (Wildman–Crippen LogP) is 4.39. The molecule has 0 saturated heterocycles. The number of anilines is 1. The Morgan fingerprint density at radius 3 is 2.38 bits per heavy atom. The maximum absolute atomic E-state index is 5.97. The van der Waals surface area contributed by atoms with Gasteiger partial charge in [-0.05, 0) is 37.0 Å². The summed E-state index contributed by atoms with van der Waals surface area (Å²) in [5.41, 5.74) is 2.31. The molecular weight excluding hydrogens is 262 g/mol. The number of ether oxygens (including phenoxy) is 1. The number of rotatable bonds is 6. The second-order valence-corrected chi connectivity index (χ2v) is 5.23. The van der Waals surface area contributed by atoms with E-state index in [1.165, 1.54) is 5.56 Å². The minimum Gasteiger partial charge on any atom is -0.439 e. The molecule has 0 aliphatic carbocycles. The van der Waals surface area contributed by atoms with Gasteiger partial charge in [0, 0.05) is 6.54 Å². The van der Waals surface area contributed by atoms with E-state index < -0.39 is 0 Å². The van der Waals surface area contributed by atoms with Crippen LogP contribution in [-0.4, -0.2) is 16.5 Å². The quantitative estimate of drug-likeness (QED) is 0.855. The van der Waals surface area contributed by atoms with Crippen molar-refractivity contribution in [3.05, 3.63) is 41.7 Å². The molecule has 0 fully saturated rings. The number of nitrogens with one attached hydrogen (secondary N) is 1. The summed E-state index contributed by atoms with van der Waals surface area (Å²) in [7, 11) is 0. The fraction of sp³-hybridized carbons (Fsp3) is 0.412. The molecular formula is C17H23N3O. The Labute approximate surface area is 126 Å². The van der Waals surface area contributed by atoms with Crippen LogP contribution in [0.4, 0.5) is 5.82 Å². The minimum atomic E-state index is 0.283. The van der Waals surface area contributed by atoms with Gasteiger partial charge in [0.1, 0.15) is 17.9 Å². The fourth-order valence-electron chi connectivity index (χ4n) is 2.19. The largest absolute Gasteiger partial charge is 0.439 e. The van der Waals surface area contributed by atoms with E-state index in [1.54, 1.807) is 6.33 Å². The van der Waals surface area contributed by atoms with E-state index in [2.05, 4.69) is 55.1 Å². The first-order valence-corrected chi connectivity index (χ1v) is 7.51. The van der Waals surface area contributed by atoms with Gasteiger partial charge in [-0.15, -0.1) is 0 Å². The zero-order valence-corrected chi connectivity index (χ0v) is 13.2. The Morgan fingerprint density at radius 2 is 1.81 bits per heavy atom. The Balaban J connectivity index is 2.31. The van der Waals surface area contributed by atoms with Crippen molar-refractivity contribution < 1.29 is 4.74 Å². The molecule has 0 radical (unpaired) electrons. The van der Waals surface area contributed by atoms with Gasteiger partial charge in [0.15, 0.2) is 0 Å². The highest BCUT2D eigenvalue weighted by Gasteiger charge is 2.16. The Hall–Kier alpha value is -2.10. The number of aryl methyl sites for hydroxylation is 1. The van der Waals surface area contributed by atoms with Crippen LogP contribution in [-0.2, 0) is 6.42 Å². The standard InChI is InChI=1S/C17H23N3O/c1-5-13-7-9-14(10-8-13)21-17-15(12(3)4)16(18-6-2)19-11-20-17/h7-12H,5-6H2,1-4H3,(H,18,19,20). The summed E-state index contributed by atoms with van der Waals surface area (Å²) in [5.74, 6) is 2.56. The molecule has 0 amide bonds. The summed E-state index contributed by atoms with van der Waals surface area (Å²) >= 11 is 0. The lowest BCUT2D eigenvalue weighted by Crippen LogP contribution is -2.07. The highest BCUT2D eigenvalue weighted by molar-refractivity contribution is 5.51. The third-order valence-electron chi connectivity index (χ3n) is 3.32.